The second-order valence-corrected chi connectivity index (χ2v) is 7.26. The number of carbonyl (C=O) groups excluding carboxylic acids is 1. The Morgan fingerprint density at radius 3 is 2.58 bits per heavy atom. The van der Waals surface area contributed by atoms with Crippen LogP contribution in [-0.4, -0.2) is 27.3 Å². The molecule has 2 aromatic carbocycles. The van der Waals surface area contributed by atoms with Crippen molar-refractivity contribution in [1.29, 1.82) is 0 Å². The molecule has 0 amide bonds. The first-order valence-electron chi connectivity index (χ1n) is 10.5. The molecular formula is C24H26N4O3. The highest BCUT2D eigenvalue weighted by atomic mass is 16.5. The number of anilines is 1. The molecule has 0 fully saturated rings. The molecule has 1 aromatic heterocycles. The molecule has 0 aliphatic carbocycles. The number of hydrogen-bond donors (Lipinski definition) is 1. The minimum Gasteiger partial charge on any atom is -0.489 e. The Bertz CT molecular complexity index is 1060. The van der Waals surface area contributed by atoms with Crippen LogP contribution >= 0.6 is 0 Å². The van der Waals surface area contributed by atoms with E-state index in [2.05, 4.69) is 22.3 Å². The third kappa shape index (κ3) is 4.45. The van der Waals surface area contributed by atoms with Gasteiger partial charge >= 0.3 is 5.97 Å². The highest BCUT2D eigenvalue weighted by Gasteiger charge is 2.35. The summed E-state index contributed by atoms with van der Waals surface area (Å²) in [5, 5.41) is 7.63. The summed E-state index contributed by atoms with van der Waals surface area (Å²) >= 11 is 0. The zero-order chi connectivity index (χ0) is 21.6. The van der Waals surface area contributed by atoms with E-state index < -0.39 is 6.04 Å². The second-order valence-electron chi connectivity index (χ2n) is 7.26. The van der Waals surface area contributed by atoms with E-state index in [1.807, 2.05) is 61.5 Å². The molecule has 0 saturated carbocycles. The predicted octanol–water partition coefficient (Wildman–Crippen LogP) is 4.49. The lowest BCUT2D eigenvalue weighted by molar-refractivity contribution is -0.139. The number of aromatic nitrogens is 3. The summed E-state index contributed by atoms with van der Waals surface area (Å²) in [6, 6.07) is 17.4. The van der Waals surface area contributed by atoms with Crippen molar-refractivity contribution in [3.63, 3.8) is 0 Å². The number of ether oxygens (including phenoxy) is 2. The number of esters is 1. The fourth-order valence-corrected chi connectivity index (χ4v) is 3.70. The first kappa shape index (κ1) is 20.7. The summed E-state index contributed by atoms with van der Waals surface area (Å²) in [6.45, 7) is 4.69. The molecule has 1 aliphatic heterocycles. The van der Waals surface area contributed by atoms with E-state index in [0.717, 1.165) is 35.4 Å². The van der Waals surface area contributed by atoms with Gasteiger partial charge in [0.15, 0.2) is 0 Å². The Balaban J connectivity index is 1.64. The van der Waals surface area contributed by atoms with Crippen molar-refractivity contribution in [3.05, 3.63) is 83.3 Å². The van der Waals surface area contributed by atoms with Crippen molar-refractivity contribution in [2.24, 2.45) is 0 Å². The van der Waals surface area contributed by atoms with E-state index in [1.54, 1.807) is 4.68 Å². The quantitative estimate of drug-likeness (QED) is 0.543. The minimum atomic E-state index is -0.414. The van der Waals surface area contributed by atoms with E-state index in [0.29, 0.717) is 24.7 Å². The van der Waals surface area contributed by atoms with Gasteiger partial charge in [0, 0.05) is 5.70 Å². The molecule has 7 nitrogen and oxygen atoms in total. The zero-order valence-corrected chi connectivity index (χ0v) is 17.7. The molecule has 1 N–H and O–H groups in total. The topological polar surface area (TPSA) is 78.3 Å². The van der Waals surface area contributed by atoms with Gasteiger partial charge in [-0.15, -0.1) is 0 Å². The van der Waals surface area contributed by atoms with Crippen molar-refractivity contribution >= 4 is 11.9 Å². The summed E-state index contributed by atoms with van der Waals surface area (Å²) < 4.78 is 13.0. The number of fused-ring (bicyclic) bond motifs is 1. The molecule has 0 radical (unpaired) electrons. The Morgan fingerprint density at radius 2 is 1.87 bits per heavy atom. The molecule has 7 heteroatoms. The number of benzene rings is 2. The van der Waals surface area contributed by atoms with Crippen LogP contribution in [0.4, 0.5) is 5.95 Å². The molecule has 2 heterocycles. The van der Waals surface area contributed by atoms with E-state index >= 15 is 0 Å². The molecule has 0 saturated heterocycles. The Hall–Kier alpha value is -3.61. The van der Waals surface area contributed by atoms with Crippen LogP contribution in [0.1, 0.15) is 43.9 Å². The lowest BCUT2D eigenvalue weighted by atomic mass is 9.94. The van der Waals surface area contributed by atoms with E-state index in [1.165, 1.54) is 6.33 Å². The summed E-state index contributed by atoms with van der Waals surface area (Å²) in [5.41, 5.74) is 3.42. The Labute approximate surface area is 181 Å². The van der Waals surface area contributed by atoms with Gasteiger partial charge in [-0.05, 0) is 36.6 Å². The molecule has 31 heavy (non-hydrogen) atoms. The van der Waals surface area contributed by atoms with Gasteiger partial charge in [0.2, 0.25) is 5.95 Å². The van der Waals surface area contributed by atoms with Crippen LogP contribution in [0.2, 0.25) is 0 Å². The van der Waals surface area contributed by atoms with Gasteiger partial charge in [-0.3, -0.25) is 0 Å². The fourth-order valence-electron chi connectivity index (χ4n) is 3.70. The molecule has 4 rings (SSSR count). The molecule has 0 unspecified atom stereocenters. The molecular weight excluding hydrogens is 392 g/mol. The smallest absolute Gasteiger partial charge is 0.338 e. The maximum absolute atomic E-state index is 12.9. The molecule has 0 spiro atoms. The van der Waals surface area contributed by atoms with Gasteiger partial charge in [0.1, 0.15) is 24.7 Å². The summed E-state index contributed by atoms with van der Waals surface area (Å²) in [4.78, 5) is 17.2. The summed E-state index contributed by atoms with van der Waals surface area (Å²) in [6.07, 6.45) is 3.10. The van der Waals surface area contributed by atoms with Crippen molar-refractivity contribution in [1.82, 2.24) is 14.8 Å². The van der Waals surface area contributed by atoms with Crippen LogP contribution in [0.25, 0.3) is 0 Å². The monoisotopic (exact) mass is 418 g/mol. The average Bonchev–Trinajstić information content (AvgIpc) is 3.26. The van der Waals surface area contributed by atoms with Gasteiger partial charge in [-0.1, -0.05) is 55.8 Å². The molecule has 3 aromatic rings. The van der Waals surface area contributed by atoms with Gasteiger partial charge in [-0.25, -0.2) is 9.48 Å². The maximum Gasteiger partial charge on any atom is 0.338 e. The number of nitrogens with zero attached hydrogens (tertiary/aromatic N) is 3. The maximum atomic E-state index is 12.9. The predicted molar refractivity (Wildman–Crippen MR) is 118 cm³/mol. The molecule has 1 atom stereocenters. The summed E-state index contributed by atoms with van der Waals surface area (Å²) in [5.74, 6) is 1.04. The van der Waals surface area contributed by atoms with E-state index in [4.69, 9.17) is 9.47 Å². The Kier molecular flexibility index (Phi) is 6.31. The van der Waals surface area contributed by atoms with Gasteiger partial charge in [-0.2, -0.15) is 10.1 Å². The standard InChI is InChI=1S/C24H26N4O3/c1-3-8-20-21(23(29)30-4-2)22(28-24(27-20)25-16-26-28)18-11-13-19(14-12-18)31-15-17-9-6-5-7-10-17/h5-7,9-14,16,22H,3-4,8,15H2,1-2H3,(H,25,26,27)/t22-/m1/s1. The number of hydrogen-bond acceptors (Lipinski definition) is 6. The van der Waals surface area contributed by atoms with E-state index in [-0.39, 0.29) is 5.97 Å². The second kappa shape index (κ2) is 9.47. The number of nitrogens with one attached hydrogen (secondary N) is 1. The number of rotatable bonds is 8. The fraction of sp³-hybridized carbons (Fsp3) is 0.292. The molecule has 0 bridgehead atoms. The van der Waals surface area contributed by atoms with Gasteiger partial charge in [0.05, 0.1) is 12.2 Å². The van der Waals surface area contributed by atoms with Gasteiger partial charge < -0.3 is 14.8 Å². The van der Waals surface area contributed by atoms with E-state index in [9.17, 15) is 4.79 Å². The minimum absolute atomic E-state index is 0.310. The van der Waals surface area contributed by atoms with Crippen molar-refractivity contribution in [2.45, 2.75) is 39.3 Å². The SMILES string of the molecule is CCCC1=C(C(=O)OCC)[C@@H](c2ccc(OCc3ccccc3)cc2)n2ncnc2N1. The van der Waals surface area contributed by atoms with Gasteiger partial charge in [0.25, 0.3) is 0 Å². The van der Waals surface area contributed by atoms with Crippen LogP contribution < -0.4 is 10.1 Å². The lowest BCUT2D eigenvalue weighted by Crippen LogP contribution is -2.30. The summed E-state index contributed by atoms with van der Waals surface area (Å²) in [7, 11) is 0. The molecule has 160 valence electrons. The average molecular weight is 418 g/mol. The van der Waals surface area contributed by atoms with Crippen LogP contribution in [0.5, 0.6) is 5.75 Å². The van der Waals surface area contributed by atoms with Crippen LogP contribution in [0, 0.1) is 0 Å². The first-order valence-corrected chi connectivity index (χ1v) is 10.5. The highest BCUT2D eigenvalue weighted by molar-refractivity contribution is 5.92. The third-order valence-corrected chi connectivity index (χ3v) is 5.12. The van der Waals surface area contributed by atoms with Crippen molar-refractivity contribution in [3.8, 4) is 5.75 Å². The number of carbonyl (C=O) groups is 1. The van der Waals surface area contributed by atoms with Crippen LogP contribution in [-0.2, 0) is 16.1 Å². The van der Waals surface area contributed by atoms with Crippen molar-refractivity contribution < 1.29 is 14.3 Å². The zero-order valence-electron chi connectivity index (χ0n) is 17.7. The largest absolute Gasteiger partial charge is 0.489 e. The molecule has 1 aliphatic rings. The van der Waals surface area contributed by atoms with Crippen LogP contribution in [0.3, 0.4) is 0 Å². The highest BCUT2D eigenvalue weighted by Crippen LogP contribution is 2.37. The lowest BCUT2D eigenvalue weighted by Gasteiger charge is -2.29. The van der Waals surface area contributed by atoms with Crippen LogP contribution in [0.15, 0.2) is 72.2 Å². The Morgan fingerprint density at radius 1 is 1.10 bits per heavy atom. The van der Waals surface area contributed by atoms with Crippen molar-refractivity contribution in [2.75, 3.05) is 11.9 Å². The third-order valence-electron chi connectivity index (χ3n) is 5.12. The normalized spacial score (nSPS) is 15.2. The first-order chi connectivity index (χ1) is 15.2. The number of allylic oxidation sites excluding steroid dienone is 1.